The average Bonchev–Trinajstić information content (AvgIpc) is 3.03. The van der Waals surface area contributed by atoms with Crippen molar-refractivity contribution >= 4 is 11.8 Å². The Bertz CT molecular complexity index is 712. The summed E-state index contributed by atoms with van der Waals surface area (Å²) in [5.74, 6) is -0.569. The molecule has 2 heterocycles. The molecule has 0 saturated carbocycles. The molecule has 0 aromatic carbocycles. The van der Waals surface area contributed by atoms with E-state index in [1.54, 1.807) is 17.8 Å². The van der Waals surface area contributed by atoms with Crippen LogP contribution in [0.5, 0.6) is 0 Å². The van der Waals surface area contributed by atoms with Crippen LogP contribution in [0.2, 0.25) is 0 Å². The molecule has 2 rings (SSSR count). The van der Waals surface area contributed by atoms with Crippen molar-refractivity contribution in [2.75, 3.05) is 13.1 Å². The molecule has 0 radical (unpaired) electrons. The minimum absolute atomic E-state index is 0.0611. The number of aromatic nitrogens is 4. The van der Waals surface area contributed by atoms with Gasteiger partial charge in [0.25, 0.3) is 5.91 Å². The Morgan fingerprint density at radius 2 is 1.83 bits per heavy atom. The minimum Gasteiger partial charge on any atom is -0.355 e. The smallest absolute Gasteiger partial charge is 0.272 e. The van der Waals surface area contributed by atoms with E-state index in [1.165, 1.54) is 0 Å². The van der Waals surface area contributed by atoms with Crippen molar-refractivity contribution in [3.63, 3.8) is 0 Å². The molecule has 0 fully saturated rings. The lowest BCUT2D eigenvalue weighted by atomic mass is 10.3. The van der Waals surface area contributed by atoms with Crippen LogP contribution in [-0.4, -0.2) is 44.5 Å². The van der Waals surface area contributed by atoms with Crippen molar-refractivity contribution in [1.29, 1.82) is 0 Å². The quantitative estimate of drug-likeness (QED) is 0.721. The molecule has 0 aliphatic carbocycles. The first-order valence-corrected chi connectivity index (χ1v) is 7.93. The summed E-state index contributed by atoms with van der Waals surface area (Å²) in [4.78, 5) is 23.7. The molecular weight excluding hydrogens is 308 g/mol. The fourth-order valence-electron chi connectivity index (χ4n) is 2.34. The predicted octanol–water partition coefficient (Wildman–Crippen LogP) is 0.478. The van der Waals surface area contributed by atoms with Crippen molar-refractivity contribution in [3.05, 3.63) is 34.9 Å². The third kappa shape index (κ3) is 4.68. The van der Waals surface area contributed by atoms with Crippen molar-refractivity contribution in [2.45, 2.75) is 33.7 Å². The highest BCUT2D eigenvalue weighted by Gasteiger charge is 2.12. The van der Waals surface area contributed by atoms with Crippen LogP contribution in [-0.2, 0) is 18.4 Å². The lowest BCUT2D eigenvalue weighted by molar-refractivity contribution is -0.120. The van der Waals surface area contributed by atoms with Crippen LogP contribution in [0, 0.1) is 20.8 Å². The van der Waals surface area contributed by atoms with Crippen LogP contribution >= 0.6 is 0 Å². The van der Waals surface area contributed by atoms with Crippen LogP contribution in [0.4, 0.5) is 0 Å². The predicted molar refractivity (Wildman–Crippen MR) is 89.6 cm³/mol. The van der Waals surface area contributed by atoms with Gasteiger partial charge in [-0.1, -0.05) is 0 Å². The number of carbonyl (C=O) groups is 2. The van der Waals surface area contributed by atoms with E-state index in [9.17, 15) is 9.59 Å². The van der Waals surface area contributed by atoms with E-state index in [0.717, 1.165) is 30.0 Å². The maximum Gasteiger partial charge on any atom is 0.272 e. The van der Waals surface area contributed by atoms with Crippen LogP contribution < -0.4 is 10.6 Å². The van der Waals surface area contributed by atoms with Gasteiger partial charge in [0.2, 0.25) is 5.91 Å². The highest BCUT2D eigenvalue weighted by atomic mass is 16.2. The molecule has 2 aromatic rings. The van der Waals surface area contributed by atoms with Crippen LogP contribution in [0.15, 0.2) is 12.1 Å². The summed E-state index contributed by atoms with van der Waals surface area (Å²) in [6.07, 6.45) is 0.779. The van der Waals surface area contributed by atoms with Gasteiger partial charge in [-0.15, -0.1) is 0 Å². The molecule has 0 aliphatic rings. The molecule has 0 bridgehead atoms. The van der Waals surface area contributed by atoms with Crippen LogP contribution in [0.3, 0.4) is 0 Å². The van der Waals surface area contributed by atoms with Gasteiger partial charge in [0.05, 0.1) is 12.2 Å². The van der Waals surface area contributed by atoms with E-state index < -0.39 is 0 Å². The highest BCUT2D eigenvalue weighted by molar-refractivity contribution is 5.94. The maximum absolute atomic E-state index is 11.9. The van der Waals surface area contributed by atoms with E-state index in [0.29, 0.717) is 12.2 Å². The van der Waals surface area contributed by atoms with Crippen LogP contribution in [0.1, 0.15) is 34.0 Å². The average molecular weight is 332 g/mol. The second kappa shape index (κ2) is 7.76. The summed E-state index contributed by atoms with van der Waals surface area (Å²) < 4.78 is 3.54. The van der Waals surface area contributed by atoms with Crippen molar-refractivity contribution in [2.24, 2.45) is 7.05 Å². The maximum atomic E-state index is 11.9. The van der Waals surface area contributed by atoms with Crippen molar-refractivity contribution < 1.29 is 9.59 Å². The molecule has 8 nitrogen and oxygen atoms in total. The van der Waals surface area contributed by atoms with E-state index in [1.807, 2.05) is 31.5 Å². The number of hydrogen-bond donors (Lipinski definition) is 2. The molecule has 2 aromatic heterocycles. The molecule has 8 heteroatoms. The first-order chi connectivity index (χ1) is 11.4. The van der Waals surface area contributed by atoms with E-state index >= 15 is 0 Å². The summed E-state index contributed by atoms with van der Waals surface area (Å²) in [5, 5.41) is 13.8. The fraction of sp³-hybridized carbons (Fsp3) is 0.500. The Morgan fingerprint density at radius 1 is 1.08 bits per heavy atom. The number of nitrogens with zero attached hydrogens (tertiary/aromatic N) is 4. The molecule has 0 unspecified atom stereocenters. The van der Waals surface area contributed by atoms with Crippen LogP contribution in [0.25, 0.3) is 0 Å². The Kier molecular flexibility index (Phi) is 5.73. The topological polar surface area (TPSA) is 93.8 Å². The van der Waals surface area contributed by atoms with Gasteiger partial charge in [0.1, 0.15) is 5.69 Å². The minimum atomic E-state index is -0.350. The van der Waals surface area contributed by atoms with E-state index in [2.05, 4.69) is 20.8 Å². The van der Waals surface area contributed by atoms with Gasteiger partial charge in [-0.25, -0.2) is 0 Å². The number of nitrogens with one attached hydrogen (secondary N) is 2. The Morgan fingerprint density at radius 3 is 2.42 bits per heavy atom. The lowest BCUT2D eigenvalue weighted by Gasteiger charge is -2.07. The first-order valence-electron chi connectivity index (χ1n) is 7.93. The lowest BCUT2D eigenvalue weighted by Crippen LogP contribution is -2.37. The summed E-state index contributed by atoms with van der Waals surface area (Å²) in [6, 6.07) is 3.70. The molecule has 2 N–H and O–H groups in total. The Hall–Kier alpha value is -2.64. The van der Waals surface area contributed by atoms with E-state index in [4.69, 9.17) is 0 Å². The standard InChI is InChI=1S/C16H24N6O2/c1-11-8-13(3)22(19-11)7-5-6-17-15(23)10-18-16(24)14-9-12(2)21(4)20-14/h8-9H,5-7,10H2,1-4H3,(H,17,23)(H,18,24). The van der Waals surface area contributed by atoms with Gasteiger partial charge in [-0.05, 0) is 39.3 Å². The fourth-order valence-corrected chi connectivity index (χ4v) is 2.34. The number of rotatable bonds is 7. The van der Waals surface area contributed by atoms with Gasteiger partial charge in [0, 0.05) is 31.5 Å². The monoisotopic (exact) mass is 332 g/mol. The van der Waals surface area contributed by atoms with Gasteiger partial charge in [0.15, 0.2) is 0 Å². The first kappa shape index (κ1) is 17.7. The van der Waals surface area contributed by atoms with Gasteiger partial charge in [-0.3, -0.25) is 19.0 Å². The molecule has 2 amide bonds. The Labute approximate surface area is 141 Å². The summed E-state index contributed by atoms with van der Waals surface area (Å²) in [7, 11) is 1.77. The molecular formula is C16H24N6O2. The third-order valence-corrected chi connectivity index (χ3v) is 3.73. The summed E-state index contributed by atoms with van der Waals surface area (Å²) >= 11 is 0. The van der Waals surface area contributed by atoms with E-state index in [-0.39, 0.29) is 18.4 Å². The molecule has 24 heavy (non-hydrogen) atoms. The van der Waals surface area contributed by atoms with Gasteiger partial charge < -0.3 is 10.6 Å². The normalized spacial score (nSPS) is 10.7. The van der Waals surface area contributed by atoms with Crippen molar-refractivity contribution in [1.82, 2.24) is 30.2 Å². The molecule has 130 valence electrons. The molecule has 0 spiro atoms. The summed E-state index contributed by atoms with van der Waals surface area (Å²) in [6.45, 7) is 7.05. The largest absolute Gasteiger partial charge is 0.355 e. The third-order valence-electron chi connectivity index (χ3n) is 3.73. The zero-order valence-electron chi connectivity index (χ0n) is 14.6. The number of hydrogen-bond acceptors (Lipinski definition) is 4. The zero-order chi connectivity index (χ0) is 17.7. The number of amides is 2. The SMILES string of the molecule is Cc1cc(C)n(CCCNC(=O)CNC(=O)c2cc(C)n(C)n2)n1. The highest BCUT2D eigenvalue weighted by Crippen LogP contribution is 2.02. The second-order valence-corrected chi connectivity index (χ2v) is 5.83. The Balaban J connectivity index is 1.66. The number of carbonyl (C=O) groups excluding carboxylic acids is 2. The second-order valence-electron chi connectivity index (χ2n) is 5.83. The molecule has 0 saturated heterocycles. The van der Waals surface area contributed by atoms with Gasteiger partial charge >= 0.3 is 0 Å². The molecule has 0 aliphatic heterocycles. The van der Waals surface area contributed by atoms with Gasteiger partial charge in [-0.2, -0.15) is 10.2 Å². The van der Waals surface area contributed by atoms with Crippen molar-refractivity contribution in [3.8, 4) is 0 Å². The molecule has 0 atom stereocenters. The number of aryl methyl sites for hydroxylation is 5. The zero-order valence-corrected chi connectivity index (χ0v) is 14.6. The summed E-state index contributed by atoms with van der Waals surface area (Å²) in [5.41, 5.74) is 3.29.